The highest BCUT2D eigenvalue weighted by molar-refractivity contribution is 9.10. The first kappa shape index (κ1) is 11.0. The molecule has 15 heavy (non-hydrogen) atoms. The van der Waals surface area contributed by atoms with Crippen LogP contribution in [-0.4, -0.2) is 6.61 Å². The van der Waals surface area contributed by atoms with E-state index in [4.69, 9.17) is 10.5 Å². The van der Waals surface area contributed by atoms with Gasteiger partial charge in [-0.05, 0) is 36.1 Å². The molecular weight excluding hydrogens is 254 g/mol. The van der Waals surface area contributed by atoms with Crippen LogP contribution in [0.25, 0.3) is 0 Å². The Hall–Kier alpha value is -0.540. The molecule has 1 aliphatic rings. The summed E-state index contributed by atoms with van der Waals surface area (Å²) in [7, 11) is 0. The first-order chi connectivity index (χ1) is 7.29. The van der Waals surface area contributed by atoms with Crippen LogP contribution in [0.2, 0.25) is 0 Å². The van der Waals surface area contributed by atoms with Gasteiger partial charge in [0.05, 0.1) is 6.61 Å². The zero-order valence-electron chi connectivity index (χ0n) is 8.71. The van der Waals surface area contributed by atoms with Gasteiger partial charge < -0.3 is 10.5 Å². The first-order valence-corrected chi connectivity index (χ1v) is 6.20. The van der Waals surface area contributed by atoms with Crippen LogP contribution in [0.15, 0.2) is 22.7 Å². The number of hydrogen-bond donors (Lipinski definition) is 1. The molecule has 2 N–H and O–H groups in total. The summed E-state index contributed by atoms with van der Waals surface area (Å²) in [6, 6.07) is 5.99. The van der Waals surface area contributed by atoms with E-state index < -0.39 is 0 Å². The van der Waals surface area contributed by atoms with E-state index >= 15 is 0 Å². The van der Waals surface area contributed by atoms with Crippen LogP contribution in [-0.2, 0) is 6.54 Å². The van der Waals surface area contributed by atoms with E-state index in [0.717, 1.165) is 28.3 Å². The van der Waals surface area contributed by atoms with Gasteiger partial charge in [-0.25, -0.2) is 0 Å². The molecule has 0 amide bonds. The van der Waals surface area contributed by atoms with E-state index in [1.54, 1.807) is 0 Å². The molecule has 1 fully saturated rings. The molecule has 82 valence electrons. The van der Waals surface area contributed by atoms with Crippen molar-refractivity contribution in [3.8, 4) is 5.75 Å². The Labute approximate surface area is 98.9 Å². The lowest BCUT2D eigenvalue weighted by Gasteiger charge is -2.08. The predicted octanol–water partition coefficient (Wildman–Crippen LogP) is 3.09. The van der Waals surface area contributed by atoms with Gasteiger partial charge in [0.1, 0.15) is 5.75 Å². The molecule has 2 rings (SSSR count). The number of ether oxygens (including phenoxy) is 1. The van der Waals surface area contributed by atoms with Gasteiger partial charge in [0.25, 0.3) is 0 Å². The molecule has 0 saturated heterocycles. The Morgan fingerprint density at radius 1 is 1.40 bits per heavy atom. The van der Waals surface area contributed by atoms with Crippen molar-refractivity contribution in [2.75, 3.05) is 6.61 Å². The van der Waals surface area contributed by atoms with Gasteiger partial charge in [-0.1, -0.05) is 28.8 Å². The monoisotopic (exact) mass is 269 g/mol. The van der Waals surface area contributed by atoms with Crippen LogP contribution in [0.3, 0.4) is 0 Å². The Balaban J connectivity index is 1.89. The fourth-order valence-corrected chi connectivity index (χ4v) is 1.96. The molecule has 0 aliphatic heterocycles. The van der Waals surface area contributed by atoms with Gasteiger partial charge in [-0.15, -0.1) is 0 Å². The second kappa shape index (κ2) is 4.99. The third kappa shape index (κ3) is 3.21. The summed E-state index contributed by atoms with van der Waals surface area (Å²) in [5, 5.41) is 0. The molecular formula is C12H16BrNO. The molecule has 0 unspecified atom stereocenters. The predicted molar refractivity (Wildman–Crippen MR) is 64.9 cm³/mol. The number of rotatable bonds is 5. The molecule has 0 aromatic heterocycles. The maximum Gasteiger partial charge on any atom is 0.119 e. The van der Waals surface area contributed by atoms with Crippen molar-refractivity contribution in [1.82, 2.24) is 0 Å². The summed E-state index contributed by atoms with van der Waals surface area (Å²) in [5.74, 6) is 1.86. The standard InChI is InChI=1S/C12H16BrNO/c13-12-4-3-11(7-10(12)8-14)15-6-5-9-1-2-9/h3-4,7,9H,1-2,5-6,8,14H2. The van der Waals surface area contributed by atoms with E-state index in [1.807, 2.05) is 18.2 Å². The van der Waals surface area contributed by atoms with Gasteiger partial charge in [0, 0.05) is 11.0 Å². The zero-order chi connectivity index (χ0) is 10.7. The SMILES string of the molecule is NCc1cc(OCCC2CC2)ccc1Br. The van der Waals surface area contributed by atoms with E-state index in [1.165, 1.54) is 19.3 Å². The molecule has 3 heteroatoms. The Kier molecular flexibility index (Phi) is 3.65. The highest BCUT2D eigenvalue weighted by atomic mass is 79.9. The van der Waals surface area contributed by atoms with Gasteiger partial charge in [-0.2, -0.15) is 0 Å². The average Bonchev–Trinajstić information content (AvgIpc) is 3.04. The van der Waals surface area contributed by atoms with Crippen molar-refractivity contribution in [1.29, 1.82) is 0 Å². The van der Waals surface area contributed by atoms with Crippen LogP contribution in [0, 0.1) is 5.92 Å². The molecule has 1 saturated carbocycles. The Morgan fingerprint density at radius 2 is 2.20 bits per heavy atom. The molecule has 0 radical (unpaired) electrons. The smallest absolute Gasteiger partial charge is 0.119 e. The largest absolute Gasteiger partial charge is 0.494 e. The third-order valence-corrected chi connectivity index (χ3v) is 3.50. The van der Waals surface area contributed by atoms with Gasteiger partial charge in [0.2, 0.25) is 0 Å². The van der Waals surface area contributed by atoms with Crippen LogP contribution in [0.4, 0.5) is 0 Å². The maximum atomic E-state index is 5.68. The zero-order valence-corrected chi connectivity index (χ0v) is 10.3. The minimum atomic E-state index is 0.542. The number of hydrogen-bond acceptors (Lipinski definition) is 2. The quantitative estimate of drug-likeness (QED) is 0.892. The van der Waals surface area contributed by atoms with Crippen molar-refractivity contribution in [3.63, 3.8) is 0 Å². The van der Waals surface area contributed by atoms with Gasteiger partial charge in [0.15, 0.2) is 0 Å². The second-order valence-electron chi connectivity index (χ2n) is 4.04. The Morgan fingerprint density at radius 3 is 2.87 bits per heavy atom. The molecule has 2 nitrogen and oxygen atoms in total. The normalized spacial score (nSPS) is 15.3. The summed E-state index contributed by atoms with van der Waals surface area (Å²) >= 11 is 3.46. The van der Waals surface area contributed by atoms with Gasteiger partial charge >= 0.3 is 0 Å². The average molecular weight is 270 g/mol. The highest BCUT2D eigenvalue weighted by Crippen LogP contribution is 2.32. The van der Waals surface area contributed by atoms with Crippen molar-refractivity contribution in [3.05, 3.63) is 28.2 Å². The Bertz CT molecular complexity index is 336. The van der Waals surface area contributed by atoms with Crippen LogP contribution in [0.1, 0.15) is 24.8 Å². The van der Waals surface area contributed by atoms with Crippen molar-refractivity contribution < 1.29 is 4.74 Å². The van der Waals surface area contributed by atoms with E-state index in [0.29, 0.717) is 6.54 Å². The van der Waals surface area contributed by atoms with E-state index in [9.17, 15) is 0 Å². The highest BCUT2D eigenvalue weighted by Gasteiger charge is 2.20. The van der Waals surface area contributed by atoms with Gasteiger partial charge in [-0.3, -0.25) is 0 Å². The topological polar surface area (TPSA) is 35.2 Å². The third-order valence-electron chi connectivity index (χ3n) is 2.73. The number of nitrogens with two attached hydrogens (primary N) is 1. The molecule has 1 aromatic rings. The molecule has 0 heterocycles. The lowest BCUT2D eigenvalue weighted by atomic mass is 10.2. The minimum absolute atomic E-state index is 0.542. The second-order valence-corrected chi connectivity index (χ2v) is 4.89. The minimum Gasteiger partial charge on any atom is -0.494 e. The molecule has 1 aromatic carbocycles. The van der Waals surface area contributed by atoms with Crippen molar-refractivity contribution >= 4 is 15.9 Å². The fraction of sp³-hybridized carbons (Fsp3) is 0.500. The molecule has 0 bridgehead atoms. The lowest BCUT2D eigenvalue weighted by Crippen LogP contribution is -2.01. The van der Waals surface area contributed by atoms with Crippen LogP contribution >= 0.6 is 15.9 Å². The fourth-order valence-electron chi connectivity index (χ4n) is 1.55. The maximum absolute atomic E-state index is 5.68. The lowest BCUT2D eigenvalue weighted by molar-refractivity contribution is 0.302. The summed E-state index contributed by atoms with van der Waals surface area (Å²) < 4.78 is 6.73. The number of halogens is 1. The summed E-state index contributed by atoms with van der Waals surface area (Å²) in [5.41, 5.74) is 6.72. The summed E-state index contributed by atoms with van der Waals surface area (Å²) in [4.78, 5) is 0. The van der Waals surface area contributed by atoms with Crippen molar-refractivity contribution in [2.24, 2.45) is 11.7 Å². The van der Waals surface area contributed by atoms with E-state index in [-0.39, 0.29) is 0 Å². The van der Waals surface area contributed by atoms with Crippen LogP contribution < -0.4 is 10.5 Å². The number of benzene rings is 1. The molecule has 0 spiro atoms. The van der Waals surface area contributed by atoms with Crippen LogP contribution in [0.5, 0.6) is 5.75 Å². The summed E-state index contributed by atoms with van der Waals surface area (Å²) in [6.07, 6.45) is 3.96. The summed E-state index contributed by atoms with van der Waals surface area (Å²) in [6.45, 7) is 1.37. The molecule has 1 aliphatic carbocycles. The van der Waals surface area contributed by atoms with E-state index in [2.05, 4.69) is 15.9 Å². The first-order valence-electron chi connectivity index (χ1n) is 5.41. The molecule has 0 atom stereocenters. The van der Waals surface area contributed by atoms with Crippen molar-refractivity contribution in [2.45, 2.75) is 25.8 Å².